The van der Waals surface area contributed by atoms with Crippen LogP contribution in [0.2, 0.25) is 0 Å². The number of thiol groups is 1. The number of rotatable bonds is 10. The molecular weight excluding hydrogens is 448 g/mol. The molecule has 3 rings (SSSR count). The number of amides is 1. The second-order valence-electron chi connectivity index (χ2n) is 9.59. The summed E-state index contributed by atoms with van der Waals surface area (Å²) in [6.45, 7) is 1.98. The minimum absolute atomic E-state index is 0.112. The van der Waals surface area contributed by atoms with Crippen LogP contribution in [0.3, 0.4) is 0 Å². The van der Waals surface area contributed by atoms with Crippen molar-refractivity contribution in [2.24, 2.45) is 5.92 Å². The highest BCUT2D eigenvalue weighted by Crippen LogP contribution is 2.22. The van der Waals surface area contributed by atoms with Gasteiger partial charge < -0.3 is 15.7 Å². The number of carbonyl (C=O) groups excluding carboxylic acids is 1. The van der Waals surface area contributed by atoms with Crippen LogP contribution in [0.15, 0.2) is 30.3 Å². The van der Waals surface area contributed by atoms with E-state index in [9.17, 15) is 9.90 Å². The summed E-state index contributed by atoms with van der Waals surface area (Å²) in [5, 5.41) is 15.9. The maximum absolute atomic E-state index is 12.2. The summed E-state index contributed by atoms with van der Waals surface area (Å²) in [6.07, 6.45) is 16.7. The van der Waals surface area contributed by atoms with Crippen LogP contribution in [0.25, 0.3) is 0 Å². The van der Waals surface area contributed by atoms with E-state index in [1.807, 2.05) is 37.3 Å². The highest BCUT2D eigenvalue weighted by Gasteiger charge is 2.22. The number of hydrogen-bond acceptors (Lipinski definition) is 4. The van der Waals surface area contributed by atoms with Crippen LogP contribution in [0, 0.1) is 5.92 Å². The van der Waals surface area contributed by atoms with E-state index < -0.39 is 6.04 Å². The number of aliphatic hydroxyl groups is 1. The van der Waals surface area contributed by atoms with Gasteiger partial charge in [-0.25, -0.2) is 0 Å². The van der Waals surface area contributed by atoms with Gasteiger partial charge in [-0.3, -0.25) is 4.79 Å². The normalized spacial score (nSPS) is 19.1. The van der Waals surface area contributed by atoms with E-state index in [-0.39, 0.29) is 16.9 Å². The Morgan fingerprint density at radius 2 is 1.58 bits per heavy atom. The molecule has 2 aliphatic rings. The molecule has 0 spiro atoms. The molecule has 1 aromatic rings. The average molecular weight is 493 g/mol. The first-order valence-electron chi connectivity index (χ1n) is 13.0. The van der Waals surface area contributed by atoms with Crippen LogP contribution >= 0.6 is 24.8 Å². The molecule has 33 heavy (non-hydrogen) atoms. The fourth-order valence-electron chi connectivity index (χ4n) is 4.85. The standard InChI is InChI=1S/C15H21NO2S2.C12H23N/c1-2-6-13(15(18)20)16-14(17)12(10-19)9-11-7-4-3-5-8-11;1-3-7-11(8-4-1)13-12-9-5-2-6-10-12/h3-5,7-8,12-13,19H,2,6,9-10H2,1H3,(H,16,17)(H,18,20);11-13H,1-10H2/t12-,13-;/m0./s1. The number of hydrogen-bond donors (Lipinski definition) is 4. The van der Waals surface area contributed by atoms with Gasteiger partial charge in [0.05, 0.1) is 12.0 Å². The van der Waals surface area contributed by atoms with Gasteiger partial charge in [-0.1, -0.05) is 82.2 Å². The van der Waals surface area contributed by atoms with Crippen molar-refractivity contribution in [3.8, 4) is 0 Å². The first kappa shape index (κ1) is 28.1. The zero-order valence-electron chi connectivity index (χ0n) is 20.3. The van der Waals surface area contributed by atoms with Crippen molar-refractivity contribution in [1.82, 2.24) is 10.6 Å². The smallest absolute Gasteiger partial charge is 0.224 e. The molecule has 0 aromatic heterocycles. The maximum atomic E-state index is 12.2. The second-order valence-corrected chi connectivity index (χ2v) is 10.4. The summed E-state index contributed by atoms with van der Waals surface area (Å²) in [6, 6.07) is 11.1. The van der Waals surface area contributed by atoms with Crippen LogP contribution in [-0.2, 0) is 11.2 Å². The third kappa shape index (κ3) is 11.2. The molecule has 4 nitrogen and oxygen atoms in total. The Bertz CT molecular complexity index is 658. The SMILES string of the molecule is C1CCC(NC2CCCCC2)CC1.CCC[C@H](NC(=O)[C@H](CS)Cc1ccccc1)C(O)=S. The van der Waals surface area contributed by atoms with Gasteiger partial charge in [0.2, 0.25) is 5.91 Å². The number of carbonyl (C=O) groups is 1. The highest BCUT2D eigenvalue weighted by molar-refractivity contribution is 7.80. The van der Waals surface area contributed by atoms with E-state index in [0.717, 1.165) is 24.1 Å². The molecule has 186 valence electrons. The molecule has 6 heteroatoms. The van der Waals surface area contributed by atoms with Gasteiger partial charge in [-0.15, -0.1) is 0 Å². The van der Waals surface area contributed by atoms with E-state index in [1.54, 1.807) is 0 Å². The third-order valence-electron chi connectivity index (χ3n) is 6.79. The topological polar surface area (TPSA) is 61.4 Å². The van der Waals surface area contributed by atoms with Crippen molar-refractivity contribution in [3.05, 3.63) is 35.9 Å². The Hall–Kier alpha value is -1.11. The molecule has 0 aliphatic heterocycles. The fraction of sp³-hybridized carbons (Fsp3) is 0.704. The van der Waals surface area contributed by atoms with Gasteiger partial charge in [0, 0.05) is 17.8 Å². The quantitative estimate of drug-likeness (QED) is 0.232. The largest absolute Gasteiger partial charge is 0.500 e. The monoisotopic (exact) mass is 492 g/mol. The van der Waals surface area contributed by atoms with Crippen molar-refractivity contribution in [2.45, 2.75) is 109 Å². The van der Waals surface area contributed by atoms with Crippen molar-refractivity contribution < 1.29 is 9.90 Å². The molecule has 1 aromatic carbocycles. The van der Waals surface area contributed by atoms with Crippen LogP contribution in [0.1, 0.15) is 89.5 Å². The van der Waals surface area contributed by atoms with E-state index in [2.05, 4.69) is 23.3 Å². The van der Waals surface area contributed by atoms with Crippen LogP contribution in [0.4, 0.5) is 0 Å². The number of benzene rings is 1. The molecular formula is C27H44N2O2S2. The van der Waals surface area contributed by atoms with E-state index in [0.29, 0.717) is 18.6 Å². The van der Waals surface area contributed by atoms with Gasteiger partial charge in [0.25, 0.3) is 0 Å². The minimum Gasteiger partial charge on any atom is -0.500 e. The summed E-state index contributed by atoms with van der Waals surface area (Å²) >= 11 is 9.03. The van der Waals surface area contributed by atoms with Gasteiger partial charge in [-0.2, -0.15) is 12.6 Å². The van der Waals surface area contributed by atoms with Gasteiger partial charge in [-0.05, 0) is 56.3 Å². The van der Waals surface area contributed by atoms with Gasteiger partial charge >= 0.3 is 0 Å². The van der Waals surface area contributed by atoms with Gasteiger partial charge in [0.1, 0.15) is 0 Å². The van der Waals surface area contributed by atoms with Crippen LogP contribution in [-0.4, -0.2) is 39.9 Å². The summed E-state index contributed by atoms with van der Waals surface area (Å²) in [5.41, 5.74) is 1.10. The third-order valence-corrected chi connectivity index (χ3v) is 7.52. The molecule has 1 amide bonds. The predicted octanol–water partition coefficient (Wildman–Crippen LogP) is 6.19. The molecule has 2 fully saturated rings. The van der Waals surface area contributed by atoms with E-state index in [4.69, 9.17) is 12.2 Å². The maximum Gasteiger partial charge on any atom is 0.224 e. The molecule has 0 saturated heterocycles. The number of nitrogens with one attached hydrogen (secondary N) is 2. The van der Waals surface area contributed by atoms with Crippen molar-refractivity contribution >= 4 is 35.8 Å². The molecule has 2 atom stereocenters. The Labute approximate surface area is 212 Å². The Kier molecular flexibility index (Phi) is 14.1. The summed E-state index contributed by atoms with van der Waals surface area (Å²) in [7, 11) is 0. The molecule has 2 aliphatic carbocycles. The lowest BCUT2D eigenvalue weighted by Crippen LogP contribution is -2.44. The zero-order valence-corrected chi connectivity index (χ0v) is 22.0. The highest BCUT2D eigenvalue weighted by atomic mass is 32.1. The molecule has 2 saturated carbocycles. The second kappa shape index (κ2) is 16.5. The average Bonchev–Trinajstić information content (AvgIpc) is 2.84. The number of thiocarbonyl (C=S) groups is 1. The van der Waals surface area contributed by atoms with Crippen molar-refractivity contribution in [3.63, 3.8) is 0 Å². The lowest BCUT2D eigenvalue weighted by atomic mass is 9.91. The Morgan fingerprint density at radius 1 is 1.03 bits per heavy atom. The molecule has 3 N–H and O–H groups in total. The Balaban J connectivity index is 0.000000254. The minimum atomic E-state index is -0.444. The van der Waals surface area contributed by atoms with Crippen molar-refractivity contribution in [2.75, 3.05) is 5.75 Å². The fourth-order valence-corrected chi connectivity index (χ4v) is 5.32. The molecule has 0 heterocycles. The first-order valence-corrected chi connectivity index (χ1v) is 14.0. The van der Waals surface area contributed by atoms with E-state index >= 15 is 0 Å². The zero-order chi connectivity index (χ0) is 23.9. The van der Waals surface area contributed by atoms with Crippen molar-refractivity contribution in [1.29, 1.82) is 0 Å². The number of aliphatic hydroxyl groups excluding tert-OH is 1. The molecule has 0 unspecified atom stereocenters. The first-order chi connectivity index (χ1) is 16.0. The molecule has 0 bridgehead atoms. The lowest BCUT2D eigenvalue weighted by Gasteiger charge is -2.30. The lowest BCUT2D eigenvalue weighted by molar-refractivity contribution is -0.124. The van der Waals surface area contributed by atoms with E-state index in [1.165, 1.54) is 64.2 Å². The van der Waals surface area contributed by atoms with Gasteiger partial charge in [0.15, 0.2) is 5.05 Å². The summed E-state index contributed by atoms with van der Waals surface area (Å²) < 4.78 is 0. The predicted molar refractivity (Wildman–Crippen MR) is 146 cm³/mol. The van der Waals surface area contributed by atoms with Crippen LogP contribution in [0.5, 0.6) is 0 Å². The molecule has 0 radical (unpaired) electrons. The Morgan fingerprint density at radius 3 is 2.03 bits per heavy atom. The summed E-state index contributed by atoms with van der Waals surface area (Å²) in [5.74, 6) is 0.116. The summed E-state index contributed by atoms with van der Waals surface area (Å²) in [4.78, 5) is 12.2. The van der Waals surface area contributed by atoms with Crippen LogP contribution < -0.4 is 10.6 Å².